The molecule has 4 unspecified atom stereocenters. The third-order valence-electron chi connectivity index (χ3n) is 5.00. The van der Waals surface area contributed by atoms with E-state index in [4.69, 9.17) is 10.8 Å². The Labute approximate surface area is 198 Å². The number of hydrogen-bond donors (Lipinski definition) is 6. The molecule has 11 nitrogen and oxygen atoms in total. The van der Waals surface area contributed by atoms with Gasteiger partial charge in [0.25, 0.3) is 0 Å². The molecule has 0 heterocycles. The second-order valence-corrected chi connectivity index (χ2v) is 8.55. The molecule has 0 aliphatic rings. The van der Waals surface area contributed by atoms with Crippen LogP contribution in [0.1, 0.15) is 45.6 Å². The van der Waals surface area contributed by atoms with Crippen molar-refractivity contribution in [3.05, 3.63) is 35.9 Å². The van der Waals surface area contributed by atoms with Crippen LogP contribution in [-0.2, 0) is 30.4 Å². The summed E-state index contributed by atoms with van der Waals surface area (Å²) in [5, 5.41) is 25.5. The summed E-state index contributed by atoms with van der Waals surface area (Å²) >= 11 is 0. The summed E-state index contributed by atoms with van der Waals surface area (Å²) < 4.78 is 0. The van der Waals surface area contributed by atoms with E-state index in [0.717, 1.165) is 5.56 Å². The predicted molar refractivity (Wildman–Crippen MR) is 124 cm³/mol. The Kier molecular flexibility index (Phi) is 11.7. The molecule has 0 bridgehead atoms. The Morgan fingerprint density at radius 3 is 1.97 bits per heavy atom. The van der Waals surface area contributed by atoms with Crippen molar-refractivity contribution < 1.29 is 34.2 Å². The van der Waals surface area contributed by atoms with E-state index >= 15 is 0 Å². The normalized spacial score (nSPS) is 14.4. The van der Waals surface area contributed by atoms with E-state index in [1.807, 2.05) is 13.8 Å². The van der Waals surface area contributed by atoms with Gasteiger partial charge >= 0.3 is 11.9 Å². The summed E-state index contributed by atoms with van der Waals surface area (Å²) in [4.78, 5) is 60.0. The van der Waals surface area contributed by atoms with Crippen LogP contribution < -0.4 is 21.7 Å². The highest BCUT2D eigenvalue weighted by atomic mass is 16.4. The molecular weight excluding hydrogens is 444 g/mol. The van der Waals surface area contributed by atoms with Crippen molar-refractivity contribution in [2.24, 2.45) is 11.7 Å². The molecule has 11 heteroatoms. The van der Waals surface area contributed by atoms with E-state index in [-0.39, 0.29) is 31.6 Å². The van der Waals surface area contributed by atoms with Gasteiger partial charge in [-0.3, -0.25) is 19.2 Å². The van der Waals surface area contributed by atoms with Gasteiger partial charge in [0.1, 0.15) is 18.1 Å². The minimum Gasteiger partial charge on any atom is -0.481 e. The highest BCUT2D eigenvalue weighted by Crippen LogP contribution is 2.07. The van der Waals surface area contributed by atoms with E-state index in [9.17, 15) is 29.1 Å². The smallest absolute Gasteiger partial charge is 0.326 e. The number of benzene rings is 1. The number of rotatable bonds is 14. The number of nitrogens with one attached hydrogen (secondary N) is 3. The van der Waals surface area contributed by atoms with Crippen LogP contribution in [0.5, 0.6) is 0 Å². The van der Waals surface area contributed by atoms with Crippen LogP contribution >= 0.6 is 0 Å². The Morgan fingerprint density at radius 2 is 1.44 bits per heavy atom. The number of carboxylic acids is 2. The Hall–Kier alpha value is -3.47. The van der Waals surface area contributed by atoms with Crippen LogP contribution in [0.15, 0.2) is 30.3 Å². The first-order valence-electron chi connectivity index (χ1n) is 11.1. The number of carboxylic acid groups (broad SMARTS) is 2. The van der Waals surface area contributed by atoms with Gasteiger partial charge in [0.15, 0.2) is 0 Å². The fraction of sp³-hybridized carbons (Fsp3) is 0.522. The summed E-state index contributed by atoms with van der Waals surface area (Å²) in [6, 6.07) is 4.45. The summed E-state index contributed by atoms with van der Waals surface area (Å²) in [7, 11) is 0. The first kappa shape index (κ1) is 28.6. The highest BCUT2D eigenvalue weighted by molar-refractivity contribution is 5.94. The number of carbonyl (C=O) groups excluding carboxylic acids is 3. The Balaban J connectivity index is 2.89. The van der Waals surface area contributed by atoms with Crippen LogP contribution in [0.4, 0.5) is 0 Å². The molecule has 34 heavy (non-hydrogen) atoms. The van der Waals surface area contributed by atoms with Crippen molar-refractivity contribution in [1.29, 1.82) is 0 Å². The lowest BCUT2D eigenvalue weighted by Crippen LogP contribution is -2.57. The lowest BCUT2D eigenvalue weighted by atomic mass is 10.0. The molecule has 0 radical (unpaired) electrons. The first-order chi connectivity index (χ1) is 15.9. The number of nitrogens with two attached hydrogens (primary N) is 1. The maximum atomic E-state index is 12.9. The van der Waals surface area contributed by atoms with Gasteiger partial charge in [-0.2, -0.15) is 0 Å². The van der Waals surface area contributed by atoms with E-state index in [2.05, 4.69) is 16.0 Å². The van der Waals surface area contributed by atoms with Crippen LogP contribution in [0, 0.1) is 5.92 Å². The van der Waals surface area contributed by atoms with Gasteiger partial charge < -0.3 is 31.9 Å². The van der Waals surface area contributed by atoms with Gasteiger partial charge in [-0.15, -0.1) is 0 Å². The largest absolute Gasteiger partial charge is 0.481 e. The van der Waals surface area contributed by atoms with Crippen LogP contribution in [0.25, 0.3) is 0 Å². The minimum absolute atomic E-state index is 0.0297. The monoisotopic (exact) mass is 478 g/mol. The van der Waals surface area contributed by atoms with Gasteiger partial charge in [-0.05, 0) is 31.2 Å². The maximum Gasteiger partial charge on any atom is 0.326 e. The van der Waals surface area contributed by atoms with Crippen LogP contribution in [-0.4, -0.2) is 64.0 Å². The molecule has 0 aromatic heterocycles. The van der Waals surface area contributed by atoms with Gasteiger partial charge in [0, 0.05) is 12.8 Å². The van der Waals surface area contributed by atoms with Crippen molar-refractivity contribution in [3.63, 3.8) is 0 Å². The molecule has 0 fully saturated rings. The third-order valence-corrected chi connectivity index (χ3v) is 5.00. The summed E-state index contributed by atoms with van der Waals surface area (Å²) in [5.41, 5.74) is 6.49. The minimum atomic E-state index is -1.18. The summed E-state index contributed by atoms with van der Waals surface area (Å²) in [5.74, 6) is -4.28. The van der Waals surface area contributed by atoms with Gasteiger partial charge in [-0.1, -0.05) is 44.2 Å². The zero-order chi connectivity index (χ0) is 25.8. The molecule has 0 aliphatic heterocycles. The summed E-state index contributed by atoms with van der Waals surface area (Å²) in [6.45, 7) is 5.05. The van der Waals surface area contributed by atoms with Crippen molar-refractivity contribution >= 4 is 29.7 Å². The van der Waals surface area contributed by atoms with E-state index in [1.165, 1.54) is 6.92 Å². The quantitative estimate of drug-likeness (QED) is 0.216. The van der Waals surface area contributed by atoms with Crippen LogP contribution in [0.2, 0.25) is 0 Å². The fourth-order valence-electron chi connectivity index (χ4n) is 3.12. The van der Waals surface area contributed by atoms with Gasteiger partial charge in [0.05, 0.1) is 6.04 Å². The highest BCUT2D eigenvalue weighted by Gasteiger charge is 2.29. The second-order valence-electron chi connectivity index (χ2n) is 8.55. The Morgan fingerprint density at radius 1 is 0.853 bits per heavy atom. The van der Waals surface area contributed by atoms with E-state index < -0.39 is 53.8 Å². The standard InChI is InChI=1S/C23H34N4O7/c1-13(2)11-18(23(33)34)27-20(30)14(3)25-22(32)17(12-15-7-5-4-6-8-15)26-21(31)16(24)9-10-19(28)29/h4-8,13-14,16-18H,9-12,24H2,1-3H3,(H,25,32)(H,26,31)(H,27,30)(H,28,29)(H,33,34). The third kappa shape index (κ3) is 10.4. The molecule has 0 aliphatic carbocycles. The lowest BCUT2D eigenvalue weighted by Gasteiger charge is -2.24. The molecule has 0 saturated carbocycles. The second kappa shape index (κ2) is 13.9. The van der Waals surface area contributed by atoms with Crippen molar-refractivity contribution in [2.45, 2.75) is 70.6 Å². The molecule has 7 N–H and O–H groups in total. The predicted octanol–water partition coefficient (Wildman–Crippen LogP) is 0.0262. The number of amides is 3. The zero-order valence-electron chi connectivity index (χ0n) is 19.6. The number of hydrogen-bond acceptors (Lipinski definition) is 6. The molecule has 0 saturated heterocycles. The van der Waals surface area contributed by atoms with Gasteiger partial charge in [-0.25, -0.2) is 4.79 Å². The maximum absolute atomic E-state index is 12.9. The van der Waals surface area contributed by atoms with Crippen molar-refractivity contribution in [2.75, 3.05) is 0 Å². The number of carbonyl (C=O) groups is 5. The van der Waals surface area contributed by atoms with Crippen molar-refractivity contribution in [3.8, 4) is 0 Å². The fourth-order valence-corrected chi connectivity index (χ4v) is 3.12. The zero-order valence-corrected chi connectivity index (χ0v) is 19.6. The average molecular weight is 479 g/mol. The first-order valence-corrected chi connectivity index (χ1v) is 11.1. The summed E-state index contributed by atoms with van der Waals surface area (Å²) in [6.07, 6.45) is -0.0826. The lowest BCUT2D eigenvalue weighted by molar-refractivity contribution is -0.142. The SMILES string of the molecule is CC(C)CC(NC(=O)C(C)NC(=O)C(Cc1ccccc1)NC(=O)C(N)CCC(=O)O)C(=O)O. The van der Waals surface area contributed by atoms with Gasteiger partial charge in [0.2, 0.25) is 17.7 Å². The van der Waals surface area contributed by atoms with Crippen molar-refractivity contribution in [1.82, 2.24) is 16.0 Å². The molecule has 1 aromatic carbocycles. The number of aliphatic carboxylic acids is 2. The van der Waals surface area contributed by atoms with E-state index in [0.29, 0.717) is 0 Å². The molecule has 1 aromatic rings. The topological polar surface area (TPSA) is 188 Å². The van der Waals surface area contributed by atoms with E-state index in [1.54, 1.807) is 30.3 Å². The molecule has 3 amide bonds. The molecule has 188 valence electrons. The molecule has 4 atom stereocenters. The molecule has 1 rings (SSSR count). The Bertz CT molecular complexity index is 860. The van der Waals surface area contributed by atoms with Crippen LogP contribution in [0.3, 0.4) is 0 Å². The molecule has 0 spiro atoms. The molecular formula is C23H34N4O7. The average Bonchev–Trinajstić information content (AvgIpc) is 2.76.